The molecule has 0 saturated carbocycles. The van der Waals surface area contributed by atoms with Gasteiger partial charge in [0.05, 0.1) is 5.69 Å². The van der Waals surface area contributed by atoms with Crippen molar-refractivity contribution in [3.63, 3.8) is 0 Å². The van der Waals surface area contributed by atoms with Gasteiger partial charge >= 0.3 is 6.18 Å². The number of aromatic nitrogens is 2. The van der Waals surface area contributed by atoms with E-state index in [4.69, 9.17) is 5.11 Å². The van der Waals surface area contributed by atoms with Crippen LogP contribution in [0.5, 0.6) is 0 Å². The molecule has 0 saturated heterocycles. The van der Waals surface area contributed by atoms with E-state index < -0.39 is 18.0 Å². The van der Waals surface area contributed by atoms with Gasteiger partial charge in [-0.05, 0) is 47.0 Å². The van der Waals surface area contributed by atoms with Crippen molar-refractivity contribution in [2.75, 3.05) is 6.61 Å². The number of pyridine rings is 2. The molecule has 0 aliphatic heterocycles. The van der Waals surface area contributed by atoms with Crippen LogP contribution in [0, 0.1) is 0 Å². The standard InChI is InChI=1S/C15H14BrF3N2O2/c16-13-5-1-3-11(21-13)14(23)9-6-7-12(15(17,18)19)20-10(9)4-2-8-22/h1,3,5-7,14,22-23H,2,4,8H2. The van der Waals surface area contributed by atoms with Crippen LogP contribution in [0.1, 0.15) is 35.2 Å². The van der Waals surface area contributed by atoms with Gasteiger partial charge in [-0.25, -0.2) is 9.97 Å². The van der Waals surface area contributed by atoms with Gasteiger partial charge in [0.15, 0.2) is 0 Å². The maximum absolute atomic E-state index is 12.8. The minimum atomic E-state index is -4.56. The van der Waals surface area contributed by atoms with Gasteiger partial charge in [-0.2, -0.15) is 13.2 Å². The summed E-state index contributed by atoms with van der Waals surface area (Å²) in [6.07, 6.45) is -5.39. The average molecular weight is 391 g/mol. The highest BCUT2D eigenvalue weighted by Crippen LogP contribution is 2.31. The fourth-order valence-electron chi connectivity index (χ4n) is 2.10. The molecule has 1 unspecified atom stereocenters. The lowest BCUT2D eigenvalue weighted by Gasteiger charge is -2.16. The number of aryl methyl sites for hydroxylation is 1. The van der Waals surface area contributed by atoms with E-state index in [0.29, 0.717) is 10.3 Å². The highest BCUT2D eigenvalue weighted by atomic mass is 79.9. The van der Waals surface area contributed by atoms with E-state index in [1.54, 1.807) is 18.2 Å². The molecule has 0 spiro atoms. The van der Waals surface area contributed by atoms with Crippen molar-refractivity contribution in [2.24, 2.45) is 0 Å². The fraction of sp³-hybridized carbons (Fsp3) is 0.333. The number of nitrogens with zero attached hydrogens (tertiary/aromatic N) is 2. The first-order valence-electron chi connectivity index (χ1n) is 6.81. The summed E-state index contributed by atoms with van der Waals surface area (Å²) >= 11 is 3.18. The Hall–Kier alpha value is -1.51. The van der Waals surface area contributed by atoms with E-state index in [-0.39, 0.29) is 30.7 Å². The highest BCUT2D eigenvalue weighted by molar-refractivity contribution is 9.10. The summed E-state index contributed by atoms with van der Waals surface area (Å²) in [5, 5.41) is 19.3. The molecule has 4 nitrogen and oxygen atoms in total. The number of rotatable bonds is 5. The second kappa shape index (κ2) is 7.37. The maximum atomic E-state index is 12.8. The molecule has 1 atom stereocenters. The normalized spacial score (nSPS) is 13.1. The second-order valence-corrected chi connectivity index (χ2v) is 5.66. The predicted octanol–water partition coefficient (Wildman–Crippen LogP) is 3.26. The maximum Gasteiger partial charge on any atom is 0.433 e. The summed E-state index contributed by atoms with van der Waals surface area (Å²) in [6.45, 7) is -0.178. The molecule has 23 heavy (non-hydrogen) atoms. The molecule has 0 aliphatic carbocycles. The Morgan fingerprint density at radius 3 is 2.48 bits per heavy atom. The molecule has 8 heteroatoms. The number of alkyl halides is 3. The summed E-state index contributed by atoms with van der Waals surface area (Å²) in [5.41, 5.74) is -0.380. The number of halogens is 4. The first kappa shape index (κ1) is 17.8. The molecule has 2 rings (SSSR count). The summed E-state index contributed by atoms with van der Waals surface area (Å²) in [5.74, 6) is 0. The zero-order chi connectivity index (χ0) is 17.0. The predicted molar refractivity (Wildman–Crippen MR) is 80.6 cm³/mol. The van der Waals surface area contributed by atoms with E-state index in [0.717, 1.165) is 6.07 Å². The minimum absolute atomic E-state index is 0.100. The lowest BCUT2D eigenvalue weighted by molar-refractivity contribution is -0.141. The Labute approximate surface area is 139 Å². The van der Waals surface area contributed by atoms with Crippen LogP contribution in [-0.4, -0.2) is 26.8 Å². The highest BCUT2D eigenvalue weighted by Gasteiger charge is 2.33. The molecule has 0 aromatic carbocycles. The number of hydrogen-bond donors (Lipinski definition) is 2. The van der Waals surface area contributed by atoms with Crippen molar-refractivity contribution in [2.45, 2.75) is 25.1 Å². The van der Waals surface area contributed by atoms with Crippen molar-refractivity contribution in [3.05, 3.63) is 57.6 Å². The molecular weight excluding hydrogens is 377 g/mol. The lowest BCUT2D eigenvalue weighted by Crippen LogP contribution is -2.14. The summed E-state index contributed by atoms with van der Waals surface area (Å²) in [6, 6.07) is 6.95. The molecule has 0 radical (unpaired) electrons. The lowest BCUT2D eigenvalue weighted by atomic mass is 10.0. The third-order valence-electron chi connectivity index (χ3n) is 3.18. The van der Waals surface area contributed by atoms with Gasteiger partial charge in [-0.3, -0.25) is 0 Å². The Kier molecular flexibility index (Phi) is 5.72. The van der Waals surface area contributed by atoms with E-state index in [2.05, 4.69) is 25.9 Å². The van der Waals surface area contributed by atoms with Crippen molar-refractivity contribution in [1.82, 2.24) is 9.97 Å². The van der Waals surface area contributed by atoms with Crippen LogP contribution >= 0.6 is 15.9 Å². The van der Waals surface area contributed by atoms with E-state index >= 15 is 0 Å². The molecule has 0 fully saturated rings. The van der Waals surface area contributed by atoms with Gasteiger partial charge in [0.25, 0.3) is 0 Å². The average Bonchev–Trinajstić information content (AvgIpc) is 2.51. The third-order valence-corrected chi connectivity index (χ3v) is 3.62. The fourth-order valence-corrected chi connectivity index (χ4v) is 2.46. The van der Waals surface area contributed by atoms with Crippen LogP contribution in [-0.2, 0) is 12.6 Å². The molecule has 2 heterocycles. The smallest absolute Gasteiger partial charge is 0.396 e. The summed E-state index contributed by atoms with van der Waals surface area (Å²) in [4.78, 5) is 7.72. The summed E-state index contributed by atoms with van der Waals surface area (Å²) in [7, 11) is 0. The Bertz CT molecular complexity index is 680. The van der Waals surface area contributed by atoms with E-state index in [1.807, 2.05) is 0 Å². The minimum Gasteiger partial charge on any atom is -0.396 e. The van der Waals surface area contributed by atoms with Crippen molar-refractivity contribution >= 4 is 15.9 Å². The zero-order valence-electron chi connectivity index (χ0n) is 11.9. The van der Waals surface area contributed by atoms with Crippen molar-refractivity contribution in [1.29, 1.82) is 0 Å². The van der Waals surface area contributed by atoms with Gasteiger partial charge in [0.2, 0.25) is 0 Å². The van der Waals surface area contributed by atoms with Gasteiger partial charge in [-0.15, -0.1) is 0 Å². The molecule has 2 aromatic heterocycles. The monoisotopic (exact) mass is 390 g/mol. The molecule has 0 aliphatic rings. The number of hydrogen-bond acceptors (Lipinski definition) is 4. The molecule has 0 amide bonds. The molecule has 124 valence electrons. The van der Waals surface area contributed by atoms with E-state index in [9.17, 15) is 18.3 Å². The van der Waals surface area contributed by atoms with Crippen LogP contribution in [0.4, 0.5) is 13.2 Å². The van der Waals surface area contributed by atoms with Crippen LogP contribution in [0.25, 0.3) is 0 Å². The van der Waals surface area contributed by atoms with Gasteiger partial charge < -0.3 is 10.2 Å². The summed E-state index contributed by atoms with van der Waals surface area (Å²) < 4.78 is 38.9. The Morgan fingerprint density at radius 2 is 1.87 bits per heavy atom. The molecule has 2 aromatic rings. The van der Waals surface area contributed by atoms with Crippen molar-refractivity contribution < 1.29 is 23.4 Å². The molecule has 2 N–H and O–H groups in total. The van der Waals surface area contributed by atoms with Gasteiger partial charge in [0.1, 0.15) is 16.4 Å². The third kappa shape index (κ3) is 4.49. The van der Waals surface area contributed by atoms with Crippen molar-refractivity contribution in [3.8, 4) is 0 Å². The molecule has 0 bridgehead atoms. The number of aliphatic hydroxyl groups is 2. The van der Waals surface area contributed by atoms with Crippen LogP contribution in [0.2, 0.25) is 0 Å². The Morgan fingerprint density at radius 1 is 1.13 bits per heavy atom. The first-order chi connectivity index (χ1) is 10.8. The Balaban J connectivity index is 2.43. The van der Waals surface area contributed by atoms with Crippen LogP contribution in [0.3, 0.4) is 0 Å². The zero-order valence-corrected chi connectivity index (χ0v) is 13.5. The largest absolute Gasteiger partial charge is 0.433 e. The van der Waals surface area contributed by atoms with E-state index in [1.165, 1.54) is 6.07 Å². The molecular formula is C15H14BrF3N2O2. The topological polar surface area (TPSA) is 66.2 Å². The number of aliphatic hydroxyl groups excluding tert-OH is 2. The SMILES string of the molecule is OCCCc1nc(C(F)(F)F)ccc1C(O)c1cccc(Br)n1. The second-order valence-electron chi connectivity index (χ2n) is 4.85. The van der Waals surface area contributed by atoms with Crippen LogP contribution < -0.4 is 0 Å². The quantitative estimate of drug-likeness (QED) is 0.768. The van der Waals surface area contributed by atoms with Gasteiger partial charge in [-0.1, -0.05) is 12.1 Å². The first-order valence-corrected chi connectivity index (χ1v) is 7.60. The van der Waals surface area contributed by atoms with Gasteiger partial charge in [0, 0.05) is 17.9 Å². The van der Waals surface area contributed by atoms with Crippen LogP contribution in [0.15, 0.2) is 34.9 Å².